The highest BCUT2D eigenvalue weighted by atomic mass is 16.6. The zero-order chi connectivity index (χ0) is 11.5. The summed E-state index contributed by atoms with van der Waals surface area (Å²) in [5, 5.41) is 10.6. The number of non-ortho nitro benzene ring substituents is 1. The van der Waals surface area contributed by atoms with Gasteiger partial charge in [-0.25, -0.2) is 0 Å². The number of rotatable bonds is 2. The molecule has 0 N–H and O–H groups in total. The van der Waals surface area contributed by atoms with Crippen LogP contribution < -0.4 is 0 Å². The minimum atomic E-state index is -0.431. The second-order valence-electron chi connectivity index (χ2n) is 3.59. The van der Waals surface area contributed by atoms with Crippen molar-refractivity contribution in [2.24, 2.45) is 0 Å². The minimum absolute atomic E-state index is 0.000920. The minimum Gasteiger partial charge on any atom is -0.258 e. The van der Waals surface area contributed by atoms with Crippen LogP contribution in [0.15, 0.2) is 42.5 Å². The van der Waals surface area contributed by atoms with Crippen molar-refractivity contribution in [2.45, 2.75) is 6.92 Å². The average Bonchev–Trinajstić information content (AvgIpc) is 2.29. The molecule has 0 saturated carbocycles. The maximum atomic E-state index is 10.6. The van der Waals surface area contributed by atoms with Gasteiger partial charge in [-0.2, -0.15) is 0 Å². The van der Waals surface area contributed by atoms with Gasteiger partial charge >= 0.3 is 0 Å². The third kappa shape index (κ3) is 2.08. The Hall–Kier alpha value is -2.16. The Morgan fingerprint density at radius 2 is 1.94 bits per heavy atom. The largest absolute Gasteiger partial charge is 0.278 e. The van der Waals surface area contributed by atoms with E-state index < -0.39 is 4.92 Å². The van der Waals surface area contributed by atoms with Crippen molar-refractivity contribution in [2.75, 3.05) is 0 Å². The van der Waals surface area contributed by atoms with E-state index in [1.807, 2.05) is 37.3 Å². The first-order valence-corrected chi connectivity index (χ1v) is 4.90. The van der Waals surface area contributed by atoms with Crippen LogP contribution in [-0.4, -0.2) is 4.92 Å². The normalized spacial score (nSPS) is 10.1. The van der Waals surface area contributed by atoms with Gasteiger partial charge in [0.15, 0.2) is 0 Å². The molecule has 0 atom stereocenters. The fraction of sp³-hybridized carbons (Fsp3) is 0.0769. The molecule has 0 aromatic heterocycles. The Morgan fingerprint density at radius 3 is 2.62 bits per heavy atom. The Kier molecular flexibility index (Phi) is 2.68. The topological polar surface area (TPSA) is 43.1 Å². The number of aryl methyl sites for hydroxylation is 1. The molecule has 2 rings (SSSR count). The van der Waals surface area contributed by atoms with Crippen molar-refractivity contribution < 1.29 is 4.92 Å². The highest BCUT2D eigenvalue weighted by Gasteiger charge is 2.07. The molecule has 3 nitrogen and oxygen atoms in total. The van der Waals surface area contributed by atoms with Crippen LogP contribution in [-0.2, 0) is 0 Å². The van der Waals surface area contributed by atoms with Gasteiger partial charge < -0.3 is 0 Å². The van der Waals surface area contributed by atoms with Crippen molar-refractivity contribution in [1.29, 1.82) is 0 Å². The molecule has 0 unspecified atom stereocenters. The number of benzene rings is 2. The van der Waals surface area contributed by atoms with Crippen molar-refractivity contribution in [3.05, 3.63) is 64.2 Å². The van der Waals surface area contributed by atoms with Crippen molar-refractivity contribution in [1.82, 2.24) is 0 Å². The zero-order valence-electron chi connectivity index (χ0n) is 8.81. The standard InChI is InChI=1S/C13H10NO2/c1-10-4-2-5-11(8-10)12-6-3-7-13(9-12)14(15)16/h2-6,8-9H,1H3. The maximum absolute atomic E-state index is 10.6. The fourth-order valence-electron chi connectivity index (χ4n) is 1.56. The van der Waals surface area contributed by atoms with Crippen LogP contribution >= 0.6 is 0 Å². The summed E-state index contributed by atoms with van der Waals surface area (Å²) in [7, 11) is 0. The predicted molar refractivity (Wildman–Crippen MR) is 62.1 cm³/mol. The molecule has 0 heterocycles. The molecule has 0 aliphatic heterocycles. The molecule has 0 aliphatic carbocycles. The number of nitrogens with zero attached hydrogens (tertiary/aromatic N) is 1. The number of nitro benzene ring substituents is 1. The summed E-state index contributed by atoms with van der Waals surface area (Å²) >= 11 is 0. The predicted octanol–water partition coefficient (Wildman–Crippen LogP) is 3.37. The van der Waals surface area contributed by atoms with E-state index in [1.165, 1.54) is 6.07 Å². The summed E-state index contributed by atoms with van der Waals surface area (Å²) in [5.41, 5.74) is 2.96. The summed E-state index contributed by atoms with van der Waals surface area (Å²) in [5.74, 6) is 0. The third-order valence-corrected chi connectivity index (χ3v) is 2.33. The van der Waals surface area contributed by atoms with E-state index in [-0.39, 0.29) is 5.69 Å². The van der Waals surface area contributed by atoms with Crippen LogP contribution in [0.2, 0.25) is 0 Å². The van der Waals surface area contributed by atoms with Gasteiger partial charge in [0.25, 0.3) is 5.69 Å². The Morgan fingerprint density at radius 1 is 1.19 bits per heavy atom. The van der Waals surface area contributed by atoms with Gasteiger partial charge in [-0.3, -0.25) is 10.1 Å². The molecule has 79 valence electrons. The van der Waals surface area contributed by atoms with Crippen LogP contribution in [0.3, 0.4) is 0 Å². The highest BCUT2D eigenvalue weighted by Crippen LogP contribution is 2.23. The zero-order valence-corrected chi connectivity index (χ0v) is 8.81. The van der Waals surface area contributed by atoms with Crippen LogP contribution in [0, 0.1) is 23.1 Å². The Bertz CT molecular complexity index is 535. The van der Waals surface area contributed by atoms with Crippen LogP contribution in [0.5, 0.6) is 0 Å². The molecular formula is C13H10NO2. The fourth-order valence-corrected chi connectivity index (χ4v) is 1.56. The molecule has 0 amide bonds. The van der Waals surface area contributed by atoms with E-state index in [9.17, 15) is 10.1 Å². The molecule has 16 heavy (non-hydrogen) atoms. The van der Waals surface area contributed by atoms with Crippen LogP contribution in [0.1, 0.15) is 5.56 Å². The summed E-state index contributed by atoms with van der Waals surface area (Å²) in [6.07, 6.45) is 0. The molecule has 1 radical (unpaired) electrons. The van der Waals surface area contributed by atoms with Gasteiger partial charge in [0.05, 0.1) is 11.0 Å². The lowest BCUT2D eigenvalue weighted by Crippen LogP contribution is -1.88. The van der Waals surface area contributed by atoms with Gasteiger partial charge in [0.2, 0.25) is 0 Å². The molecule has 3 heteroatoms. The van der Waals surface area contributed by atoms with Gasteiger partial charge in [-0.05, 0) is 24.1 Å². The van der Waals surface area contributed by atoms with Gasteiger partial charge in [0, 0.05) is 6.07 Å². The first-order chi connectivity index (χ1) is 7.66. The van der Waals surface area contributed by atoms with Crippen molar-refractivity contribution >= 4 is 5.69 Å². The summed E-state index contributed by atoms with van der Waals surface area (Å²) < 4.78 is 0. The van der Waals surface area contributed by atoms with Crippen molar-refractivity contribution in [3.63, 3.8) is 0 Å². The first-order valence-electron chi connectivity index (χ1n) is 4.90. The highest BCUT2D eigenvalue weighted by molar-refractivity contribution is 5.66. The van der Waals surface area contributed by atoms with Gasteiger partial charge in [0.1, 0.15) is 0 Å². The molecule has 2 aromatic rings. The Labute approximate surface area is 93.5 Å². The molecule has 0 aliphatic rings. The van der Waals surface area contributed by atoms with Crippen molar-refractivity contribution in [3.8, 4) is 11.1 Å². The SMILES string of the molecule is Cc1cccc(-c2cc[c]c([N+](=O)[O-])c2)c1. The van der Waals surface area contributed by atoms with E-state index in [0.29, 0.717) is 0 Å². The average molecular weight is 212 g/mol. The molecule has 2 aromatic carbocycles. The molecule has 0 saturated heterocycles. The number of hydrogen-bond donors (Lipinski definition) is 0. The monoisotopic (exact) mass is 212 g/mol. The second-order valence-corrected chi connectivity index (χ2v) is 3.59. The smallest absolute Gasteiger partial charge is 0.258 e. The Balaban J connectivity index is 2.48. The summed E-state index contributed by atoms with van der Waals surface area (Å²) in [6, 6.07) is 15.4. The van der Waals surface area contributed by atoms with Crippen LogP contribution in [0.4, 0.5) is 5.69 Å². The number of hydrogen-bond acceptors (Lipinski definition) is 2. The lowest BCUT2D eigenvalue weighted by Gasteiger charge is -2.02. The molecule has 0 spiro atoms. The lowest BCUT2D eigenvalue weighted by molar-refractivity contribution is -0.385. The lowest BCUT2D eigenvalue weighted by atomic mass is 10.0. The summed E-state index contributed by atoms with van der Waals surface area (Å²) in [4.78, 5) is 10.2. The van der Waals surface area contributed by atoms with E-state index >= 15 is 0 Å². The van der Waals surface area contributed by atoms with E-state index in [0.717, 1.165) is 16.7 Å². The molecule has 0 fully saturated rings. The van der Waals surface area contributed by atoms with Gasteiger partial charge in [-0.15, -0.1) is 0 Å². The summed E-state index contributed by atoms with van der Waals surface area (Å²) in [6.45, 7) is 1.99. The number of nitro groups is 1. The first kappa shape index (κ1) is 10.4. The molecule has 0 bridgehead atoms. The second kappa shape index (κ2) is 4.14. The van der Waals surface area contributed by atoms with Gasteiger partial charge in [-0.1, -0.05) is 35.9 Å². The maximum Gasteiger partial charge on any atom is 0.278 e. The van der Waals surface area contributed by atoms with Crippen LogP contribution in [0.25, 0.3) is 11.1 Å². The van der Waals surface area contributed by atoms with E-state index in [1.54, 1.807) is 6.07 Å². The van der Waals surface area contributed by atoms with E-state index in [4.69, 9.17) is 0 Å². The third-order valence-electron chi connectivity index (χ3n) is 2.33. The quantitative estimate of drug-likeness (QED) is 0.565. The van der Waals surface area contributed by atoms with E-state index in [2.05, 4.69) is 6.07 Å². The molecular weight excluding hydrogens is 202 g/mol.